The molecule has 0 saturated heterocycles. The van der Waals surface area contributed by atoms with Crippen LogP contribution in [0.1, 0.15) is 0 Å². The second-order valence-electron chi connectivity index (χ2n) is 2.22. The highest BCUT2D eigenvalue weighted by molar-refractivity contribution is 7.17. The van der Waals surface area contributed by atoms with Crippen LogP contribution in [0.5, 0.6) is 0 Å². The van der Waals surface area contributed by atoms with Gasteiger partial charge < -0.3 is 0 Å². The van der Waals surface area contributed by atoms with Gasteiger partial charge in [0.2, 0.25) is 0 Å². The van der Waals surface area contributed by atoms with Gasteiger partial charge in [0.1, 0.15) is 5.82 Å². The average Bonchev–Trinajstić information content (AvgIpc) is 2.34. The summed E-state index contributed by atoms with van der Waals surface area (Å²) in [4.78, 5) is 0. The van der Waals surface area contributed by atoms with Gasteiger partial charge in [-0.1, -0.05) is 11.6 Å². The Kier molecular flexibility index (Phi) is 1.59. The minimum Gasteiger partial charge on any atom is -0.206 e. The van der Waals surface area contributed by atoms with Crippen molar-refractivity contribution in [2.45, 2.75) is 0 Å². The normalized spacial score (nSPS) is 10.7. The highest BCUT2D eigenvalue weighted by Gasteiger charge is 2.02. The molecule has 1 aromatic carbocycles. The van der Waals surface area contributed by atoms with Crippen molar-refractivity contribution in [3.63, 3.8) is 0 Å². The molecule has 1 heterocycles. The number of halogens is 2. The van der Waals surface area contributed by atoms with E-state index in [1.54, 1.807) is 12.1 Å². The lowest BCUT2D eigenvalue weighted by molar-refractivity contribution is 0.640. The van der Waals surface area contributed by atoms with Crippen molar-refractivity contribution >= 4 is 33.0 Å². The molecule has 0 amide bonds. The molecule has 0 fully saturated rings. The molecule has 2 rings (SSSR count). The quantitative estimate of drug-likeness (QED) is 0.589. The summed E-state index contributed by atoms with van der Waals surface area (Å²) in [6, 6.07) is 4.85. The van der Waals surface area contributed by atoms with Gasteiger partial charge in [0.25, 0.3) is 0 Å². The summed E-state index contributed by atoms with van der Waals surface area (Å²) in [7, 11) is 0. The summed E-state index contributed by atoms with van der Waals surface area (Å²) in [5.41, 5.74) is 0. The number of thiophene rings is 1. The molecule has 1 aromatic heterocycles. The van der Waals surface area contributed by atoms with E-state index in [9.17, 15) is 4.39 Å². The summed E-state index contributed by atoms with van der Waals surface area (Å²) < 4.78 is 13.9. The molecule has 2 aromatic rings. The Morgan fingerprint density at radius 1 is 1.36 bits per heavy atom. The smallest absolute Gasteiger partial charge is 0.133 e. The van der Waals surface area contributed by atoms with Crippen LogP contribution in [0.4, 0.5) is 4.39 Å². The van der Waals surface area contributed by atoms with Crippen LogP contribution >= 0.6 is 22.9 Å². The van der Waals surface area contributed by atoms with Gasteiger partial charge in [0, 0.05) is 15.1 Å². The number of rotatable bonds is 0. The van der Waals surface area contributed by atoms with Gasteiger partial charge in [-0.05, 0) is 23.6 Å². The Morgan fingerprint density at radius 3 is 3.00 bits per heavy atom. The lowest BCUT2D eigenvalue weighted by Crippen LogP contribution is -1.73. The molecule has 3 heteroatoms. The van der Waals surface area contributed by atoms with Gasteiger partial charge in [0.15, 0.2) is 0 Å². The molecule has 0 N–H and O–H groups in total. The maximum absolute atomic E-state index is 13.0. The molecule has 0 aliphatic heterocycles. The van der Waals surface area contributed by atoms with Gasteiger partial charge in [-0.15, -0.1) is 11.3 Å². The highest BCUT2D eigenvalue weighted by atomic mass is 35.5. The molecule has 0 aliphatic rings. The molecule has 0 saturated carbocycles. The lowest BCUT2D eigenvalue weighted by atomic mass is 10.2. The van der Waals surface area contributed by atoms with E-state index in [1.165, 1.54) is 17.4 Å². The molecule has 0 radical (unpaired) electrons. The third-order valence-electron chi connectivity index (χ3n) is 1.49. The largest absolute Gasteiger partial charge is 0.206 e. The van der Waals surface area contributed by atoms with Crippen molar-refractivity contribution in [3.05, 3.63) is 34.4 Å². The number of fused-ring (bicyclic) bond motifs is 1. The van der Waals surface area contributed by atoms with Crippen LogP contribution in [0, 0.1) is 5.82 Å². The highest BCUT2D eigenvalue weighted by Crippen LogP contribution is 2.26. The molecule has 11 heavy (non-hydrogen) atoms. The summed E-state index contributed by atoms with van der Waals surface area (Å²) in [5.74, 6) is -0.242. The Bertz CT molecular complexity index is 394. The zero-order valence-corrected chi connectivity index (χ0v) is 7.05. The fourth-order valence-electron chi connectivity index (χ4n) is 0.996. The van der Waals surface area contributed by atoms with E-state index in [1.807, 2.05) is 5.38 Å². The summed E-state index contributed by atoms with van der Waals surface area (Å²) in [5, 5.41) is 2.96. The van der Waals surface area contributed by atoms with Crippen LogP contribution in [0.3, 0.4) is 0 Å². The minimum atomic E-state index is -0.242. The Hall–Kier alpha value is -0.600. The minimum absolute atomic E-state index is 0.242. The maximum Gasteiger partial charge on any atom is 0.133 e. The van der Waals surface area contributed by atoms with E-state index in [0.29, 0.717) is 10.4 Å². The molecule has 0 nitrogen and oxygen atoms in total. The molecule has 0 atom stereocenters. The predicted molar refractivity (Wildman–Crippen MR) is 46.8 cm³/mol. The van der Waals surface area contributed by atoms with Crippen LogP contribution in [0.25, 0.3) is 10.1 Å². The van der Waals surface area contributed by atoms with E-state index in [-0.39, 0.29) is 5.82 Å². The SMILES string of the molecule is Fc1cc(Cl)cc2sccc12. The van der Waals surface area contributed by atoms with E-state index in [2.05, 4.69) is 0 Å². The van der Waals surface area contributed by atoms with Crippen LogP contribution in [0.2, 0.25) is 5.02 Å². The third kappa shape index (κ3) is 1.12. The molecule has 56 valence electrons. The van der Waals surface area contributed by atoms with Crippen LogP contribution < -0.4 is 0 Å². The Balaban J connectivity index is 2.91. The monoisotopic (exact) mass is 186 g/mol. The summed E-state index contributed by atoms with van der Waals surface area (Å²) >= 11 is 7.14. The van der Waals surface area contributed by atoms with Gasteiger partial charge in [-0.25, -0.2) is 4.39 Å². The van der Waals surface area contributed by atoms with E-state index in [4.69, 9.17) is 11.6 Å². The number of hydrogen-bond acceptors (Lipinski definition) is 1. The standard InChI is InChI=1S/C8H4ClFS/c9-5-3-7(10)6-1-2-11-8(6)4-5/h1-4H. The van der Waals surface area contributed by atoms with Crippen molar-refractivity contribution < 1.29 is 4.39 Å². The maximum atomic E-state index is 13.0. The second kappa shape index (κ2) is 2.47. The zero-order chi connectivity index (χ0) is 7.84. The summed E-state index contributed by atoms with van der Waals surface area (Å²) in [6.45, 7) is 0. The fraction of sp³-hybridized carbons (Fsp3) is 0. The molecule has 0 bridgehead atoms. The molecular formula is C8H4ClFS. The molecular weight excluding hydrogens is 183 g/mol. The molecule has 0 unspecified atom stereocenters. The predicted octanol–water partition coefficient (Wildman–Crippen LogP) is 3.69. The van der Waals surface area contributed by atoms with Crippen molar-refractivity contribution in [3.8, 4) is 0 Å². The number of benzene rings is 1. The first-order valence-corrected chi connectivity index (χ1v) is 4.35. The van der Waals surface area contributed by atoms with E-state index >= 15 is 0 Å². The van der Waals surface area contributed by atoms with Gasteiger partial charge in [0.05, 0.1) is 0 Å². The van der Waals surface area contributed by atoms with Crippen molar-refractivity contribution in [1.82, 2.24) is 0 Å². The van der Waals surface area contributed by atoms with Gasteiger partial charge >= 0.3 is 0 Å². The van der Waals surface area contributed by atoms with Crippen molar-refractivity contribution in [2.24, 2.45) is 0 Å². The topological polar surface area (TPSA) is 0 Å². The Morgan fingerprint density at radius 2 is 2.18 bits per heavy atom. The van der Waals surface area contributed by atoms with Gasteiger partial charge in [-0.2, -0.15) is 0 Å². The van der Waals surface area contributed by atoms with Crippen molar-refractivity contribution in [1.29, 1.82) is 0 Å². The Labute approximate surface area is 72.2 Å². The third-order valence-corrected chi connectivity index (χ3v) is 2.57. The first-order valence-electron chi connectivity index (χ1n) is 3.09. The van der Waals surface area contributed by atoms with E-state index < -0.39 is 0 Å². The van der Waals surface area contributed by atoms with Crippen molar-refractivity contribution in [2.75, 3.05) is 0 Å². The van der Waals surface area contributed by atoms with Gasteiger partial charge in [-0.3, -0.25) is 0 Å². The van der Waals surface area contributed by atoms with E-state index in [0.717, 1.165) is 4.70 Å². The zero-order valence-electron chi connectivity index (χ0n) is 5.47. The average molecular weight is 187 g/mol. The summed E-state index contributed by atoms with van der Waals surface area (Å²) in [6.07, 6.45) is 0. The lowest BCUT2D eigenvalue weighted by Gasteiger charge is -1.92. The van der Waals surface area contributed by atoms with Crippen LogP contribution in [-0.4, -0.2) is 0 Å². The first kappa shape index (κ1) is 7.07. The fourth-order valence-corrected chi connectivity index (χ4v) is 2.10. The first-order chi connectivity index (χ1) is 5.27. The number of hydrogen-bond donors (Lipinski definition) is 0. The molecule has 0 spiro atoms. The second-order valence-corrected chi connectivity index (χ2v) is 3.60. The van der Waals surface area contributed by atoms with Crippen LogP contribution in [-0.2, 0) is 0 Å². The van der Waals surface area contributed by atoms with Crippen LogP contribution in [0.15, 0.2) is 23.6 Å². The molecule has 0 aliphatic carbocycles.